The monoisotopic (exact) mass is 439 g/mol. The molecule has 7 heteroatoms. The molecule has 2 aromatic rings. The number of benzene rings is 2. The zero-order chi connectivity index (χ0) is 18.2. The Balaban J connectivity index is 2.05. The molecule has 2 unspecified atom stereocenters. The van der Waals surface area contributed by atoms with Gasteiger partial charge < -0.3 is 5.32 Å². The topological polar surface area (TPSA) is 63.2 Å². The van der Waals surface area contributed by atoms with Crippen LogP contribution in [0.2, 0.25) is 5.02 Å². The van der Waals surface area contributed by atoms with Crippen molar-refractivity contribution in [2.45, 2.75) is 24.0 Å². The first-order valence-corrected chi connectivity index (χ1v) is 10.1. The maximum absolute atomic E-state index is 13.1. The lowest BCUT2D eigenvalue weighted by molar-refractivity contribution is -0.118. The van der Waals surface area contributed by atoms with Gasteiger partial charge in [0.15, 0.2) is 16.4 Å². The van der Waals surface area contributed by atoms with Gasteiger partial charge in [-0.2, -0.15) is 0 Å². The largest absolute Gasteiger partial charge is 0.361 e. The van der Waals surface area contributed by atoms with E-state index >= 15 is 0 Å². The Hall–Kier alpha value is -1.50. The van der Waals surface area contributed by atoms with Crippen LogP contribution >= 0.6 is 27.5 Å². The second kappa shape index (κ2) is 7.02. The fourth-order valence-electron chi connectivity index (χ4n) is 2.87. The summed E-state index contributed by atoms with van der Waals surface area (Å²) in [6.45, 7) is 1.35. The first-order valence-electron chi connectivity index (χ1n) is 7.58. The molecule has 25 heavy (non-hydrogen) atoms. The van der Waals surface area contributed by atoms with Crippen molar-refractivity contribution in [2.75, 3.05) is 5.32 Å². The first-order chi connectivity index (χ1) is 11.8. The Morgan fingerprint density at radius 3 is 2.60 bits per heavy atom. The smallest absolute Gasteiger partial charge is 0.179 e. The fraction of sp³-hybridized carbons (Fsp3) is 0.222. The van der Waals surface area contributed by atoms with Crippen LogP contribution in [0.15, 0.2) is 46.9 Å². The lowest BCUT2D eigenvalue weighted by atomic mass is 9.94. The molecule has 0 fully saturated rings. The van der Waals surface area contributed by atoms with Crippen LogP contribution in [-0.2, 0) is 21.3 Å². The molecule has 0 aliphatic carbocycles. The zero-order valence-corrected chi connectivity index (χ0v) is 16.5. The molecule has 0 saturated carbocycles. The average molecular weight is 441 g/mol. The van der Waals surface area contributed by atoms with Gasteiger partial charge in [-0.3, -0.25) is 13.8 Å². The van der Waals surface area contributed by atoms with E-state index < -0.39 is 15.7 Å². The van der Waals surface area contributed by atoms with Crippen LogP contribution in [0.25, 0.3) is 0 Å². The predicted molar refractivity (Wildman–Crippen MR) is 103 cm³/mol. The van der Waals surface area contributed by atoms with Crippen LogP contribution < -0.4 is 5.32 Å². The molecule has 0 aromatic heterocycles. The number of fused-ring (bicyclic) bond motifs is 1. The number of Topliss-reactive ketones (excluding diaryl/α,β-unsaturated/α-hetero) is 2. The van der Waals surface area contributed by atoms with Gasteiger partial charge in [-0.1, -0.05) is 41.9 Å². The van der Waals surface area contributed by atoms with Crippen molar-refractivity contribution in [3.63, 3.8) is 0 Å². The Morgan fingerprint density at radius 1 is 1.28 bits per heavy atom. The quantitative estimate of drug-likeness (QED) is 0.768. The maximum atomic E-state index is 13.1. The molecule has 0 bridgehead atoms. The van der Waals surface area contributed by atoms with E-state index in [1.54, 1.807) is 12.1 Å². The van der Waals surface area contributed by atoms with Gasteiger partial charge in [-0.15, -0.1) is 0 Å². The number of halogens is 2. The number of carbonyl (C=O) groups is 2. The second-order valence-corrected chi connectivity index (χ2v) is 8.80. The third-order valence-corrected chi connectivity index (χ3v) is 7.10. The van der Waals surface area contributed by atoms with E-state index in [9.17, 15) is 13.8 Å². The van der Waals surface area contributed by atoms with Crippen LogP contribution in [0.5, 0.6) is 0 Å². The normalized spacial score (nSPS) is 20.5. The molecule has 0 spiro atoms. The summed E-state index contributed by atoms with van der Waals surface area (Å²) < 4.78 is 13.7. The number of ketones is 2. The highest BCUT2D eigenvalue weighted by atomic mass is 79.9. The molecule has 0 saturated heterocycles. The van der Waals surface area contributed by atoms with Crippen LogP contribution in [0.4, 0.5) is 5.69 Å². The number of hydrogen-bond acceptors (Lipinski definition) is 4. The van der Waals surface area contributed by atoms with Gasteiger partial charge in [-0.05, 0) is 40.5 Å². The lowest BCUT2D eigenvalue weighted by Gasteiger charge is -2.37. The summed E-state index contributed by atoms with van der Waals surface area (Å²) in [6, 6.07) is 12.6. The highest BCUT2D eigenvalue weighted by Gasteiger charge is 2.48. The molecule has 1 N–H and O–H groups in total. The van der Waals surface area contributed by atoms with Crippen molar-refractivity contribution in [1.82, 2.24) is 0 Å². The molecule has 130 valence electrons. The third kappa shape index (κ3) is 3.30. The predicted octanol–water partition coefficient (Wildman–Crippen LogP) is 4.34. The first kappa shape index (κ1) is 18.3. The van der Waals surface area contributed by atoms with Gasteiger partial charge in [-0.25, -0.2) is 0 Å². The molecule has 2 aromatic carbocycles. The third-order valence-electron chi connectivity index (χ3n) is 4.22. The minimum atomic E-state index is -1.63. The molecule has 3 rings (SSSR count). The number of hydrogen-bond donors (Lipinski definition) is 1. The van der Waals surface area contributed by atoms with Crippen molar-refractivity contribution >= 4 is 55.6 Å². The summed E-state index contributed by atoms with van der Waals surface area (Å²) in [5.74, 6) is -0.460. The minimum absolute atomic E-state index is 0.175. The summed E-state index contributed by atoms with van der Waals surface area (Å²) in [5.41, 5.74) is 1.58. The highest BCUT2D eigenvalue weighted by molar-refractivity contribution is 9.10. The van der Waals surface area contributed by atoms with Gasteiger partial charge in [0.25, 0.3) is 0 Å². The molecule has 4 nitrogen and oxygen atoms in total. The highest BCUT2D eigenvalue weighted by Crippen LogP contribution is 2.41. The van der Waals surface area contributed by atoms with Crippen molar-refractivity contribution in [1.29, 1.82) is 0 Å². The maximum Gasteiger partial charge on any atom is 0.179 e. The number of nitrogens with one attached hydrogen (secondary N) is 1. The van der Waals surface area contributed by atoms with Crippen LogP contribution in [0, 0.1) is 0 Å². The van der Waals surface area contributed by atoms with E-state index in [1.807, 2.05) is 30.3 Å². The molecular weight excluding hydrogens is 426 g/mol. The number of anilines is 1. The lowest BCUT2D eigenvalue weighted by Crippen LogP contribution is -2.53. The van der Waals surface area contributed by atoms with Crippen molar-refractivity contribution < 1.29 is 13.8 Å². The van der Waals surface area contributed by atoms with E-state index in [-0.39, 0.29) is 23.7 Å². The molecule has 0 amide bonds. The molecule has 1 heterocycles. The van der Waals surface area contributed by atoms with Crippen LogP contribution in [0.3, 0.4) is 0 Å². The molecular formula is C18H15BrClNO3S. The van der Waals surface area contributed by atoms with Gasteiger partial charge in [0.05, 0.1) is 39.2 Å². The molecule has 0 radical (unpaired) electrons. The second-order valence-electron chi connectivity index (χ2n) is 5.86. The molecule has 1 aliphatic rings. The Morgan fingerprint density at radius 2 is 1.96 bits per heavy atom. The summed E-state index contributed by atoms with van der Waals surface area (Å²) in [4.78, 5) is 23.7. The Labute approximate surface area is 161 Å². The van der Waals surface area contributed by atoms with E-state index in [1.165, 1.54) is 6.92 Å². The molecule has 1 aliphatic heterocycles. The fourth-order valence-corrected chi connectivity index (χ4v) is 5.13. The van der Waals surface area contributed by atoms with Gasteiger partial charge in [0.1, 0.15) is 0 Å². The molecule has 2 atom stereocenters. The van der Waals surface area contributed by atoms with Crippen molar-refractivity contribution in [3.05, 3.63) is 63.1 Å². The summed E-state index contributed by atoms with van der Waals surface area (Å²) >= 11 is 9.53. The van der Waals surface area contributed by atoms with E-state index in [2.05, 4.69) is 21.2 Å². The van der Waals surface area contributed by atoms with E-state index in [0.717, 1.165) is 5.56 Å². The number of carbonyl (C=O) groups excluding carboxylic acids is 2. The van der Waals surface area contributed by atoms with E-state index in [0.29, 0.717) is 20.7 Å². The Kier molecular flexibility index (Phi) is 5.14. The van der Waals surface area contributed by atoms with Crippen LogP contribution in [-0.4, -0.2) is 20.6 Å². The van der Waals surface area contributed by atoms with Gasteiger partial charge >= 0.3 is 0 Å². The standard InChI is InChI=1S/C18H15BrClNO3S/c1-11(22)18(25(24)10-12-5-3-2-4-6-12)9-15(23)16-14(20)8-7-13(19)17(16)21-18/h2-8,21H,9-10H2,1H3. The van der Waals surface area contributed by atoms with Crippen molar-refractivity contribution in [2.24, 2.45) is 0 Å². The van der Waals surface area contributed by atoms with Gasteiger partial charge in [0.2, 0.25) is 0 Å². The average Bonchev–Trinajstić information content (AvgIpc) is 2.58. The summed E-state index contributed by atoms with van der Waals surface area (Å²) in [6.07, 6.45) is -0.190. The number of rotatable bonds is 4. The minimum Gasteiger partial charge on any atom is -0.361 e. The van der Waals surface area contributed by atoms with Gasteiger partial charge in [0, 0.05) is 4.47 Å². The van der Waals surface area contributed by atoms with Crippen molar-refractivity contribution in [3.8, 4) is 0 Å². The SMILES string of the molecule is CC(=O)C1(S(=O)Cc2ccccc2)CC(=O)c2c(Cl)ccc(Br)c2N1. The zero-order valence-electron chi connectivity index (χ0n) is 13.3. The summed E-state index contributed by atoms with van der Waals surface area (Å²) in [7, 11) is -1.63. The van der Waals surface area contributed by atoms with Crippen LogP contribution in [0.1, 0.15) is 29.3 Å². The van der Waals surface area contributed by atoms with E-state index in [4.69, 9.17) is 11.6 Å². The summed E-state index contributed by atoms with van der Waals surface area (Å²) in [5, 5.41) is 3.37. The Bertz CT molecular complexity index is 887.